The van der Waals surface area contributed by atoms with Crippen LogP contribution < -0.4 is 4.72 Å². The van der Waals surface area contributed by atoms with Crippen molar-refractivity contribution >= 4 is 40.1 Å². The number of hydrogen-bond acceptors (Lipinski definition) is 5. The van der Waals surface area contributed by atoms with Crippen LogP contribution in [0.4, 0.5) is 0 Å². The molecule has 1 aliphatic carbocycles. The Balaban J connectivity index is 1.49. The number of hydrogen-bond donors (Lipinski definition) is 2. The Hall–Kier alpha value is -0.900. The molecule has 1 saturated carbocycles. The summed E-state index contributed by atoms with van der Waals surface area (Å²) in [4.78, 5) is 14.9. The van der Waals surface area contributed by atoms with Gasteiger partial charge in [0.25, 0.3) is 5.91 Å². The van der Waals surface area contributed by atoms with Gasteiger partial charge in [0.05, 0.1) is 38.4 Å². The zero-order valence-corrected chi connectivity index (χ0v) is 22.6. The second-order valence-corrected chi connectivity index (χ2v) is 13.9. The minimum absolute atomic E-state index is 0.0119. The fraction of sp³-hybridized carbons (Fsp3) is 0.708. The molecule has 0 aromatic heterocycles. The Morgan fingerprint density at radius 2 is 1.79 bits per heavy atom. The number of carbonyl (C=O) groups excluding carboxylic acids is 1. The first-order valence-electron chi connectivity index (χ1n) is 11.7. The number of nitrogens with one attached hydrogen (secondary N) is 1. The molecule has 1 aromatic carbocycles. The monoisotopic (exact) mass is 532 g/mol. The van der Waals surface area contributed by atoms with Crippen molar-refractivity contribution in [1.82, 2.24) is 9.62 Å². The van der Waals surface area contributed by atoms with E-state index in [-0.39, 0.29) is 35.2 Å². The van der Waals surface area contributed by atoms with Crippen LogP contribution in [0.25, 0.3) is 0 Å². The number of rotatable bonds is 5. The van der Waals surface area contributed by atoms with Crippen LogP contribution in [0.1, 0.15) is 59.1 Å². The molecule has 1 amide bonds. The molecule has 1 aromatic rings. The number of nitrogens with zero attached hydrogens (tertiary/aromatic N) is 1. The van der Waals surface area contributed by atoms with E-state index in [0.717, 1.165) is 12.8 Å². The van der Waals surface area contributed by atoms with Crippen LogP contribution in [-0.4, -0.2) is 56.5 Å². The highest BCUT2D eigenvalue weighted by Crippen LogP contribution is 2.49. The van der Waals surface area contributed by atoms with E-state index in [1.165, 1.54) is 6.07 Å². The lowest BCUT2D eigenvalue weighted by molar-refractivity contribution is -0.159. The largest absolute Gasteiger partial charge is 0.508 e. The van der Waals surface area contributed by atoms with Crippen molar-refractivity contribution < 1.29 is 23.6 Å². The molecule has 0 radical (unpaired) electrons. The van der Waals surface area contributed by atoms with Gasteiger partial charge in [-0.1, -0.05) is 23.2 Å². The molecular weight excluding hydrogens is 499 g/mol. The van der Waals surface area contributed by atoms with Crippen molar-refractivity contribution in [2.45, 2.75) is 70.1 Å². The van der Waals surface area contributed by atoms with Gasteiger partial charge in [0.1, 0.15) is 5.75 Å². The van der Waals surface area contributed by atoms with E-state index in [1.807, 2.05) is 39.5 Å². The summed E-state index contributed by atoms with van der Waals surface area (Å²) in [7, 11) is -1.35. The SMILES string of the molecule is CC1(C)OCC(C(=O)N2C[C@H]3CC(C(NS(=O)C(C)(C)C)c4cc(Cl)c(Cl)cc4O)C[C@H]3C2)O1. The standard InChI is InChI=1S/C24H34Cl2N2O5S/c1-23(2,3)34(31)27-21(16-8-17(25)18(26)9-19(16)29)13-6-14-10-28(11-15(14)7-13)22(30)20-12-32-24(4,5)33-20/h8-9,13-15,20-21,27,29H,6-7,10-12H2,1-5H3/t13?,14-,15+,20?,21?,34?. The van der Waals surface area contributed by atoms with E-state index >= 15 is 0 Å². The summed E-state index contributed by atoms with van der Waals surface area (Å²) in [6.45, 7) is 11.0. The molecule has 10 heteroatoms. The molecule has 34 heavy (non-hydrogen) atoms. The third-order valence-corrected chi connectivity index (χ3v) is 9.35. The summed E-state index contributed by atoms with van der Waals surface area (Å²) in [5.41, 5.74) is 0.601. The molecule has 2 N–H and O–H groups in total. The molecule has 7 nitrogen and oxygen atoms in total. The fourth-order valence-electron chi connectivity index (χ4n) is 5.32. The first-order chi connectivity index (χ1) is 15.7. The maximum Gasteiger partial charge on any atom is 0.254 e. The smallest absolute Gasteiger partial charge is 0.254 e. The molecule has 3 aliphatic rings. The maximum absolute atomic E-state index is 13.0. The van der Waals surface area contributed by atoms with E-state index in [1.54, 1.807) is 6.07 Å². The Kier molecular flexibility index (Phi) is 7.33. The van der Waals surface area contributed by atoms with Crippen molar-refractivity contribution in [3.8, 4) is 5.75 Å². The molecule has 190 valence electrons. The highest BCUT2D eigenvalue weighted by molar-refractivity contribution is 7.84. The lowest BCUT2D eigenvalue weighted by Crippen LogP contribution is -2.41. The lowest BCUT2D eigenvalue weighted by Gasteiger charge is -2.30. The number of phenolic OH excluding ortho intramolecular Hbond substituents is 1. The number of phenols is 1. The zero-order valence-electron chi connectivity index (χ0n) is 20.3. The molecule has 2 heterocycles. The Morgan fingerprint density at radius 3 is 2.32 bits per heavy atom. The van der Waals surface area contributed by atoms with Gasteiger partial charge in [0.15, 0.2) is 11.9 Å². The number of fused-ring (bicyclic) bond motifs is 1. The van der Waals surface area contributed by atoms with Crippen molar-refractivity contribution in [3.05, 3.63) is 27.7 Å². The van der Waals surface area contributed by atoms with Gasteiger partial charge >= 0.3 is 0 Å². The number of amides is 1. The minimum atomic E-state index is -1.35. The van der Waals surface area contributed by atoms with E-state index in [9.17, 15) is 14.1 Å². The van der Waals surface area contributed by atoms with Gasteiger partial charge in [-0.3, -0.25) is 4.79 Å². The Morgan fingerprint density at radius 1 is 1.21 bits per heavy atom. The lowest BCUT2D eigenvalue weighted by atomic mass is 9.90. The third-order valence-electron chi connectivity index (χ3n) is 7.05. The quantitative estimate of drug-likeness (QED) is 0.585. The van der Waals surface area contributed by atoms with Gasteiger partial charge in [0.2, 0.25) is 0 Å². The van der Waals surface area contributed by atoms with Gasteiger partial charge in [0, 0.05) is 24.7 Å². The van der Waals surface area contributed by atoms with E-state index in [0.29, 0.717) is 35.5 Å². The minimum Gasteiger partial charge on any atom is -0.508 e. The molecule has 6 atom stereocenters. The summed E-state index contributed by atoms with van der Waals surface area (Å²) >= 11 is 12.4. The summed E-state index contributed by atoms with van der Waals surface area (Å²) in [6.07, 6.45) is 1.14. The van der Waals surface area contributed by atoms with Gasteiger partial charge in [-0.2, -0.15) is 0 Å². The van der Waals surface area contributed by atoms with Gasteiger partial charge in [-0.05, 0) is 71.3 Å². The molecule has 4 unspecified atom stereocenters. The van der Waals surface area contributed by atoms with Crippen LogP contribution in [0.2, 0.25) is 10.0 Å². The molecule has 2 aliphatic heterocycles. The zero-order chi connectivity index (χ0) is 25.0. The van der Waals surface area contributed by atoms with Crippen LogP contribution in [0.15, 0.2) is 12.1 Å². The summed E-state index contributed by atoms with van der Waals surface area (Å²) in [6, 6.07) is 2.76. The predicted molar refractivity (Wildman–Crippen MR) is 133 cm³/mol. The molecular formula is C24H34Cl2N2O5S. The Bertz CT molecular complexity index is 969. The summed E-state index contributed by atoms with van der Waals surface area (Å²) in [5, 5.41) is 11.3. The first kappa shape index (κ1) is 26.2. The van der Waals surface area contributed by atoms with Crippen LogP contribution in [0, 0.1) is 17.8 Å². The number of benzene rings is 1. The highest BCUT2D eigenvalue weighted by atomic mass is 35.5. The number of likely N-dealkylation sites (tertiary alicyclic amines) is 1. The molecule has 0 spiro atoms. The van der Waals surface area contributed by atoms with Crippen LogP contribution >= 0.6 is 23.2 Å². The number of aromatic hydroxyl groups is 1. The molecule has 3 fully saturated rings. The first-order valence-corrected chi connectivity index (χ1v) is 13.6. The van der Waals surface area contributed by atoms with Crippen molar-refractivity contribution in [2.24, 2.45) is 17.8 Å². The average molecular weight is 534 g/mol. The van der Waals surface area contributed by atoms with Gasteiger partial charge in [-0.15, -0.1) is 0 Å². The summed E-state index contributed by atoms with van der Waals surface area (Å²) in [5.74, 6) is 0.0921. The van der Waals surface area contributed by atoms with Crippen LogP contribution in [0.5, 0.6) is 5.75 Å². The fourth-order valence-corrected chi connectivity index (χ4v) is 6.55. The van der Waals surface area contributed by atoms with E-state index in [4.69, 9.17) is 32.7 Å². The van der Waals surface area contributed by atoms with Crippen molar-refractivity contribution in [1.29, 1.82) is 0 Å². The summed E-state index contributed by atoms with van der Waals surface area (Å²) < 4.78 is 27.2. The molecule has 2 saturated heterocycles. The van der Waals surface area contributed by atoms with Crippen LogP contribution in [-0.2, 0) is 25.3 Å². The Labute approximate surface area is 214 Å². The number of ether oxygens (including phenoxy) is 2. The maximum atomic E-state index is 13.0. The highest BCUT2D eigenvalue weighted by Gasteiger charge is 2.48. The van der Waals surface area contributed by atoms with Gasteiger partial charge < -0.3 is 19.5 Å². The number of carbonyl (C=O) groups is 1. The van der Waals surface area contributed by atoms with Crippen molar-refractivity contribution in [3.63, 3.8) is 0 Å². The predicted octanol–water partition coefficient (Wildman–Crippen LogP) is 4.43. The van der Waals surface area contributed by atoms with Crippen LogP contribution in [0.3, 0.4) is 0 Å². The van der Waals surface area contributed by atoms with E-state index < -0.39 is 27.6 Å². The normalized spacial score (nSPS) is 30.4. The second-order valence-electron chi connectivity index (χ2n) is 11.1. The second kappa shape index (κ2) is 9.52. The molecule has 0 bridgehead atoms. The third kappa shape index (κ3) is 5.42. The molecule has 4 rings (SSSR count). The average Bonchev–Trinajstić information content (AvgIpc) is 3.40. The van der Waals surface area contributed by atoms with E-state index in [2.05, 4.69) is 4.72 Å². The van der Waals surface area contributed by atoms with Gasteiger partial charge in [-0.25, -0.2) is 8.93 Å². The van der Waals surface area contributed by atoms with Crippen molar-refractivity contribution in [2.75, 3.05) is 19.7 Å². The topological polar surface area (TPSA) is 88.1 Å². The number of halogens is 2.